The Hall–Kier alpha value is -1.84. The first-order chi connectivity index (χ1) is 17.2. The monoisotopic (exact) mass is 517 g/mol. The molecule has 2 aliphatic carbocycles. The number of nitrogens with zero attached hydrogens (tertiary/aromatic N) is 3. The Morgan fingerprint density at radius 2 is 1.97 bits per heavy atom. The minimum Gasteiger partial charge on any atom is -0.391 e. The summed E-state index contributed by atoms with van der Waals surface area (Å²) in [5.41, 5.74) is 2.07. The van der Waals surface area contributed by atoms with E-state index in [4.69, 9.17) is 11.6 Å². The fourth-order valence-electron chi connectivity index (χ4n) is 6.51. The highest BCUT2D eigenvalue weighted by molar-refractivity contribution is 6.37. The number of hydrogen-bond donors (Lipinski definition) is 2. The molecule has 3 heterocycles. The highest BCUT2D eigenvalue weighted by Crippen LogP contribution is 2.46. The van der Waals surface area contributed by atoms with Crippen molar-refractivity contribution in [2.45, 2.75) is 69.4 Å². The van der Waals surface area contributed by atoms with Gasteiger partial charge in [-0.15, -0.1) is 0 Å². The summed E-state index contributed by atoms with van der Waals surface area (Å²) < 4.78 is 13.6. The Bertz CT molecular complexity index is 1120. The first-order valence-electron chi connectivity index (χ1n) is 13.1. The Balaban J connectivity index is 1.30. The summed E-state index contributed by atoms with van der Waals surface area (Å²) in [7, 11) is 0. The second-order valence-electron chi connectivity index (χ2n) is 11.4. The van der Waals surface area contributed by atoms with Crippen LogP contribution in [0.4, 0.5) is 4.39 Å². The number of amides is 1. The summed E-state index contributed by atoms with van der Waals surface area (Å²) in [5.74, 6) is -1.96. The number of benzene rings is 1. The molecule has 3 atom stereocenters. The van der Waals surface area contributed by atoms with E-state index in [0.29, 0.717) is 44.9 Å². The molecule has 2 bridgehead atoms. The molecule has 7 nitrogen and oxygen atoms in total. The van der Waals surface area contributed by atoms with Gasteiger partial charge in [-0.1, -0.05) is 17.7 Å². The third-order valence-corrected chi connectivity index (χ3v) is 9.07. The predicted molar refractivity (Wildman–Crippen MR) is 131 cm³/mol. The highest BCUT2D eigenvalue weighted by Gasteiger charge is 2.54. The summed E-state index contributed by atoms with van der Waals surface area (Å²) in [6, 6.07) is 4.61. The van der Waals surface area contributed by atoms with E-state index in [1.165, 1.54) is 6.07 Å². The molecule has 36 heavy (non-hydrogen) atoms. The van der Waals surface area contributed by atoms with Gasteiger partial charge in [0.05, 0.1) is 28.8 Å². The van der Waals surface area contributed by atoms with Crippen molar-refractivity contribution < 1.29 is 24.2 Å². The molecule has 5 aliphatic rings. The minimum atomic E-state index is -0.973. The number of rotatable bonds is 5. The topological polar surface area (TPSA) is 84.3 Å². The molecule has 0 radical (unpaired) electrons. The molecule has 194 valence electrons. The molecule has 4 fully saturated rings. The van der Waals surface area contributed by atoms with E-state index in [-0.39, 0.29) is 17.7 Å². The first-order valence-corrected chi connectivity index (χ1v) is 13.5. The molecule has 1 aromatic carbocycles. The maximum atomic E-state index is 13.6. The maximum Gasteiger partial charge on any atom is 0.295 e. The van der Waals surface area contributed by atoms with Gasteiger partial charge in [0.25, 0.3) is 5.91 Å². The van der Waals surface area contributed by atoms with Crippen LogP contribution in [0.15, 0.2) is 29.5 Å². The van der Waals surface area contributed by atoms with Crippen LogP contribution in [0.3, 0.4) is 0 Å². The molecule has 6 rings (SSSR count). The predicted octanol–water partition coefficient (Wildman–Crippen LogP) is 2.68. The van der Waals surface area contributed by atoms with Gasteiger partial charge in [0.1, 0.15) is 5.82 Å². The van der Waals surface area contributed by atoms with E-state index in [1.54, 1.807) is 17.0 Å². The number of carbonyl (C=O) groups excluding carboxylic acids is 2. The number of β-amino-alcohol motifs (C(OH)–C–C–N with tert-alkyl or cyclic N) is 2. The Morgan fingerprint density at radius 3 is 2.64 bits per heavy atom. The van der Waals surface area contributed by atoms with Crippen molar-refractivity contribution in [1.29, 1.82) is 0 Å². The number of halogens is 2. The van der Waals surface area contributed by atoms with Gasteiger partial charge in [-0.05, 0) is 74.1 Å². The first kappa shape index (κ1) is 24.5. The molecule has 2 saturated heterocycles. The number of aliphatic hydroxyl groups excluding tert-OH is 1. The van der Waals surface area contributed by atoms with Gasteiger partial charge in [-0.3, -0.25) is 24.3 Å². The van der Waals surface area contributed by atoms with Crippen molar-refractivity contribution in [3.05, 3.63) is 45.9 Å². The molecule has 1 aromatic rings. The second kappa shape index (κ2) is 9.17. The fourth-order valence-corrected chi connectivity index (χ4v) is 6.71. The molecule has 2 N–H and O–H groups in total. The summed E-state index contributed by atoms with van der Waals surface area (Å²) in [4.78, 5) is 33.1. The zero-order valence-corrected chi connectivity index (χ0v) is 21.1. The van der Waals surface area contributed by atoms with Crippen molar-refractivity contribution >= 4 is 23.3 Å². The molecular formula is C27H33ClFN3O4. The lowest BCUT2D eigenvalue weighted by molar-refractivity contribution is -0.150. The third kappa shape index (κ3) is 4.41. The van der Waals surface area contributed by atoms with Gasteiger partial charge in [0, 0.05) is 38.4 Å². The number of ketones is 1. The summed E-state index contributed by atoms with van der Waals surface area (Å²) in [6.45, 7) is 2.43. The lowest BCUT2D eigenvalue weighted by Gasteiger charge is -2.41. The fraction of sp³-hybridized carbons (Fsp3) is 0.630. The zero-order chi connectivity index (χ0) is 25.2. The molecular weight excluding hydrogens is 485 g/mol. The normalized spacial score (nSPS) is 31.1. The molecule has 9 heteroatoms. The Kier molecular flexibility index (Phi) is 6.24. The molecule has 3 aliphatic heterocycles. The lowest BCUT2D eigenvalue weighted by atomic mass is 9.80. The molecule has 3 unspecified atom stereocenters. The van der Waals surface area contributed by atoms with Gasteiger partial charge in [0.2, 0.25) is 5.78 Å². The van der Waals surface area contributed by atoms with E-state index in [2.05, 4.69) is 9.80 Å². The van der Waals surface area contributed by atoms with Crippen molar-refractivity contribution in [3.63, 3.8) is 0 Å². The van der Waals surface area contributed by atoms with E-state index in [9.17, 15) is 24.2 Å². The van der Waals surface area contributed by atoms with Crippen LogP contribution in [-0.4, -0.2) is 80.7 Å². The largest absolute Gasteiger partial charge is 0.391 e. The molecule has 1 amide bonds. The van der Waals surface area contributed by atoms with E-state index >= 15 is 0 Å². The van der Waals surface area contributed by atoms with Crippen molar-refractivity contribution in [2.75, 3.05) is 26.2 Å². The van der Waals surface area contributed by atoms with Crippen LogP contribution in [0.25, 0.3) is 0 Å². The van der Waals surface area contributed by atoms with Crippen LogP contribution >= 0.6 is 11.6 Å². The van der Waals surface area contributed by atoms with Gasteiger partial charge in [-0.25, -0.2) is 4.39 Å². The standard InChI is InChI=1S/C27H33ClFN3O4/c28-20-10-16(2-5-21(20)29)12-30-9-6-18-11-19(23(33)14-30)24(34)26(35)32-22(18)13-31(25(32)17-3-4-17)15-27(36)7-1-8-27/h2,5,10,17,19,23,25,33,36H,1,3-4,6-9,11-15H2. The van der Waals surface area contributed by atoms with Crippen LogP contribution in [0.1, 0.15) is 50.5 Å². The van der Waals surface area contributed by atoms with Gasteiger partial charge < -0.3 is 10.2 Å². The van der Waals surface area contributed by atoms with E-state index < -0.39 is 35.1 Å². The smallest absolute Gasteiger partial charge is 0.295 e. The number of hydrogen-bond acceptors (Lipinski definition) is 6. The molecule has 0 aromatic heterocycles. The van der Waals surface area contributed by atoms with Crippen molar-refractivity contribution in [3.8, 4) is 0 Å². The van der Waals surface area contributed by atoms with Crippen molar-refractivity contribution in [1.82, 2.24) is 14.7 Å². The third-order valence-electron chi connectivity index (χ3n) is 8.78. The summed E-state index contributed by atoms with van der Waals surface area (Å²) in [5, 5.41) is 22.1. The number of fused-ring (bicyclic) bond motifs is 3. The van der Waals surface area contributed by atoms with Gasteiger partial charge >= 0.3 is 0 Å². The van der Waals surface area contributed by atoms with Crippen LogP contribution in [-0.2, 0) is 16.1 Å². The molecule has 0 spiro atoms. The van der Waals surface area contributed by atoms with Gasteiger partial charge in [0.15, 0.2) is 0 Å². The average molecular weight is 518 g/mol. The average Bonchev–Trinajstić information content (AvgIpc) is 3.60. The van der Waals surface area contributed by atoms with Crippen LogP contribution in [0.5, 0.6) is 0 Å². The zero-order valence-electron chi connectivity index (χ0n) is 20.3. The summed E-state index contributed by atoms with van der Waals surface area (Å²) in [6.07, 6.45) is 4.50. The van der Waals surface area contributed by atoms with E-state index in [0.717, 1.165) is 48.9 Å². The van der Waals surface area contributed by atoms with Crippen LogP contribution in [0, 0.1) is 17.7 Å². The van der Waals surface area contributed by atoms with Gasteiger partial charge in [-0.2, -0.15) is 0 Å². The summed E-state index contributed by atoms with van der Waals surface area (Å²) >= 11 is 5.97. The number of carbonyl (C=O) groups is 2. The quantitative estimate of drug-likeness (QED) is 0.584. The highest BCUT2D eigenvalue weighted by atomic mass is 35.5. The number of aliphatic hydroxyl groups is 2. The van der Waals surface area contributed by atoms with E-state index in [1.807, 2.05) is 0 Å². The van der Waals surface area contributed by atoms with Crippen LogP contribution in [0.2, 0.25) is 5.02 Å². The lowest BCUT2D eigenvalue weighted by Crippen LogP contribution is -2.53. The Labute approximate surface area is 215 Å². The Morgan fingerprint density at radius 1 is 1.19 bits per heavy atom. The minimum absolute atomic E-state index is 0.0559. The second-order valence-corrected chi connectivity index (χ2v) is 11.8. The number of likely N-dealkylation sites (tertiary alicyclic amines) is 1. The van der Waals surface area contributed by atoms with Crippen molar-refractivity contribution in [2.24, 2.45) is 11.8 Å². The SMILES string of the molecule is O=C1C(=O)N2C(=C3CCN(Cc4ccc(F)c(Cl)c4)CC(O)C1C3)CN(CC1(O)CCC1)C2C1CC1. The van der Waals surface area contributed by atoms with Crippen LogP contribution < -0.4 is 0 Å². The maximum absolute atomic E-state index is 13.6. The molecule has 2 saturated carbocycles. The number of Topliss-reactive ketones (excluding diaryl/α,β-unsaturated/α-hetero) is 1.